The highest BCUT2D eigenvalue weighted by atomic mass is 35.5. The lowest BCUT2D eigenvalue weighted by Crippen LogP contribution is -2.33. The second-order valence-corrected chi connectivity index (χ2v) is 6.24. The van der Waals surface area contributed by atoms with Crippen molar-refractivity contribution in [3.63, 3.8) is 0 Å². The Hall–Kier alpha value is -1.07. The third-order valence-electron chi connectivity index (χ3n) is 4.50. The van der Waals surface area contributed by atoms with Gasteiger partial charge in [-0.25, -0.2) is 4.68 Å². The fourth-order valence-electron chi connectivity index (χ4n) is 3.34. The number of nitrogens with zero attached hydrogens (tertiary/aromatic N) is 3. The molecule has 0 spiro atoms. The van der Waals surface area contributed by atoms with Crippen molar-refractivity contribution in [1.29, 1.82) is 0 Å². The first-order valence-electron chi connectivity index (χ1n) is 7.37. The van der Waals surface area contributed by atoms with E-state index >= 15 is 0 Å². The van der Waals surface area contributed by atoms with Gasteiger partial charge in [0.05, 0.1) is 11.9 Å². The molecule has 5 nitrogen and oxygen atoms in total. The summed E-state index contributed by atoms with van der Waals surface area (Å²) in [5.74, 6) is 0. The van der Waals surface area contributed by atoms with Crippen LogP contribution in [-0.4, -0.2) is 39.9 Å². The zero-order valence-electron chi connectivity index (χ0n) is 11.8. The first kappa shape index (κ1) is 13.9. The Balaban J connectivity index is 1.64. The minimum atomic E-state index is -0.248. The second-order valence-electron chi connectivity index (χ2n) is 5.86. The molecule has 0 radical (unpaired) electrons. The van der Waals surface area contributed by atoms with E-state index in [1.165, 1.54) is 30.4 Å². The highest BCUT2D eigenvalue weighted by Crippen LogP contribution is 2.28. The van der Waals surface area contributed by atoms with Gasteiger partial charge < -0.3 is 5.32 Å². The molecule has 0 bridgehead atoms. The Labute approximate surface area is 123 Å². The lowest BCUT2D eigenvalue weighted by Gasteiger charge is -2.23. The van der Waals surface area contributed by atoms with Gasteiger partial charge in [-0.2, -0.15) is 5.10 Å². The van der Waals surface area contributed by atoms with E-state index in [0.29, 0.717) is 11.7 Å². The minimum Gasteiger partial charge on any atom is -0.378 e. The molecule has 1 aliphatic heterocycles. The van der Waals surface area contributed by atoms with Crippen LogP contribution in [0.15, 0.2) is 11.0 Å². The molecule has 6 heteroatoms. The van der Waals surface area contributed by atoms with Crippen LogP contribution in [0.5, 0.6) is 0 Å². The molecule has 0 amide bonds. The predicted octanol–water partition coefficient (Wildman–Crippen LogP) is 1.86. The molecule has 0 aromatic carbocycles. The highest BCUT2D eigenvalue weighted by molar-refractivity contribution is 6.32. The largest absolute Gasteiger partial charge is 0.378 e. The fraction of sp³-hybridized carbons (Fsp3) is 0.714. The predicted molar refractivity (Wildman–Crippen MR) is 80.3 cm³/mol. The van der Waals surface area contributed by atoms with E-state index in [-0.39, 0.29) is 10.6 Å². The molecule has 1 saturated heterocycles. The number of rotatable bonds is 3. The van der Waals surface area contributed by atoms with Gasteiger partial charge in [0.1, 0.15) is 5.02 Å². The molecule has 1 unspecified atom stereocenters. The zero-order valence-corrected chi connectivity index (χ0v) is 12.6. The van der Waals surface area contributed by atoms with Gasteiger partial charge >= 0.3 is 0 Å². The molecule has 20 heavy (non-hydrogen) atoms. The summed E-state index contributed by atoms with van der Waals surface area (Å²) in [4.78, 5) is 14.3. The lowest BCUT2D eigenvalue weighted by atomic mass is 10.2. The van der Waals surface area contributed by atoms with E-state index in [1.54, 1.807) is 13.2 Å². The van der Waals surface area contributed by atoms with Gasteiger partial charge in [-0.05, 0) is 19.3 Å². The zero-order chi connectivity index (χ0) is 14.1. The number of hydrogen-bond acceptors (Lipinski definition) is 4. The highest BCUT2D eigenvalue weighted by Gasteiger charge is 2.30. The summed E-state index contributed by atoms with van der Waals surface area (Å²) in [5.41, 5.74) is 0.412. The normalized spacial score (nSPS) is 24.4. The molecule has 1 atom stereocenters. The van der Waals surface area contributed by atoms with Crippen LogP contribution in [0.3, 0.4) is 0 Å². The van der Waals surface area contributed by atoms with E-state index < -0.39 is 0 Å². The van der Waals surface area contributed by atoms with E-state index in [1.807, 2.05) is 0 Å². The fourth-order valence-corrected chi connectivity index (χ4v) is 3.56. The van der Waals surface area contributed by atoms with Gasteiger partial charge in [0.25, 0.3) is 5.56 Å². The van der Waals surface area contributed by atoms with Crippen LogP contribution in [0.2, 0.25) is 5.02 Å². The number of aryl methyl sites for hydroxylation is 1. The van der Waals surface area contributed by atoms with E-state index in [2.05, 4.69) is 15.3 Å². The maximum absolute atomic E-state index is 11.8. The molecule has 1 N–H and O–H groups in total. The Bertz CT molecular complexity index is 538. The summed E-state index contributed by atoms with van der Waals surface area (Å²) in [6.45, 7) is 2.18. The van der Waals surface area contributed by atoms with Crippen LogP contribution in [0.1, 0.15) is 32.1 Å². The van der Waals surface area contributed by atoms with Crippen LogP contribution in [0.25, 0.3) is 0 Å². The Morgan fingerprint density at radius 3 is 2.85 bits per heavy atom. The molecule has 2 aliphatic rings. The summed E-state index contributed by atoms with van der Waals surface area (Å²) < 4.78 is 1.26. The number of anilines is 1. The van der Waals surface area contributed by atoms with Gasteiger partial charge in [0, 0.05) is 32.2 Å². The molecule has 1 saturated carbocycles. The summed E-state index contributed by atoms with van der Waals surface area (Å²) in [5, 5.41) is 7.64. The maximum atomic E-state index is 11.8. The van der Waals surface area contributed by atoms with Gasteiger partial charge in [0.15, 0.2) is 0 Å². The maximum Gasteiger partial charge on any atom is 0.287 e. The third-order valence-corrected chi connectivity index (χ3v) is 4.86. The quantitative estimate of drug-likeness (QED) is 0.925. The average molecular weight is 297 g/mol. The Morgan fingerprint density at radius 2 is 2.10 bits per heavy atom. The van der Waals surface area contributed by atoms with Crippen molar-refractivity contribution in [3.05, 3.63) is 21.6 Å². The van der Waals surface area contributed by atoms with Crippen LogP contribution < -0.4 is 10.9 Å². The van der Waals surface area contributed by atoms with Crippen molar-refractivity contribution < 1.29 is 0 Å². The van der Waals surface area contributed by atoms with Crippen LogP contribution >= 0.6 is 11.6 Å². The Morgan fingerprint density at radius 1 is 1.35 bits per heavy atom. The minimum absolute atomic E-state index is 0.238. The molecule has 1 aromatic heterocycles. The summed E-state index contributed by atoms with van der Waals surface area (Å²) >= 11 is 6.09. The van der Waals surface area contributed by atoms with Crippen molar-refractivity contribution in [2.24, 2.45) is 7.05 Å². The third kappa shape index (κ3) is 2.69. The first-order valence-corrected chi connectivity index (χ1v) is 7.75. The summed E-state index contributed by atoms with van der Waals surface area (Å²) in [6, 6.07) is 1.13. The van der Waals surface area contributed by atoms with Gasteiger partial charge in [-0.1, -0.05) is 24.4 Å². The average Bonchev–Trinajstić information content (AvgIpc) is 3.10. The molecule has 1 aromatic rings. The van der Waals surface area contributed by atoms with Gasteiger partial charge in [0.2, 0.25) is 0 Å². The SMILES string of the molecule is Cn1ncc(NC2CCN(C3CCCC3)C2)c(Cl)c1=O. The smallest absolute Gasteiger partial charge is 0.287 e. The number of halogens is 1. The molecule has 2 heterocycles. The standard InChI is InChI=1S/C14H21ClN4O/c1-18-14(20)13(15)12(8-16-18)17-10-6-7-19(9-10)11-4-2-3-5-11/h8,10-11,17H,2-7,9H2,1H3. The van der Waals surface area contributed by atoms with Crippen LogP contribution in [0.4, 0.5) is 5.69 Å². The van der Waals surface area contributed by atoms with Crippen LogP contribution in [0, 0.1) is 0 Å². The number of hydrogen-bond donors (Lipinski definition) is 1. The summed E-state index contributed by atoms with van der Waals surface area (Å²) in [6.07, 6.45) is 8.14. The van der Waals surface area contributed by atoms with Gasteiger partial charge in [-0.15, -0.1) is 0 Å². The first-order chi connectivity index (χ1) is 9.65. The van der Waals surface area contributed by atoms with Crippen molar-refractivity contribution in [2.45, 2.75) is 44.2 Å². The molecule has 1 aliphatic carbocycles. The Kier molecular flexibility index (Phi) is 3.98. The second kappa shape index (κ2) is 5.74. The van der Waals surface area contributed by atoms with Gasteiger partial charge in [-0.3, -0.25) is 9.69 Å². The van der Waals surface area contributed by atoms with Crippen molar-refractivity contribution in [3.8, 4) is 0 Å². The topological polar surface area (TPSA) is 50.2 Å². The monoisotopic (exact) mass is 296 g/mol. The molecular formula is C14H21ClN4O. The van der Waals surface area contributed by atoms with Crippen LogP contribution in [-0.2, 0) is 7.05 Å². The molecule has 110 valence electrons. The van der Waals surface area contributed by atoms with E-state index in [9.17, 15) is 4.79 Å². The molecule has 2 fully saturated rings. The van der Waals surface area contributed by atoms with E-state index in [0.717, 1.165) is 25.6 Å². The lowest BCUT2D eigenvalue weighted by molar-refractivity contribution is 0.245. The number of likely N-dealkylation sites (tertiary alicyclic amines) is 1. The van der Waals surface area contributed by atoms with Crippen molar-refractivity contribution in [1.82, 2.24) is 14.7 Å². The molecular weight excluding hydrogens is 276 g/mol. The van der Waals surface area contributed by atoms with E-state index in [4.69, 9.17) is 11.6 Å². The number of nitrogens with one attached hydrogen (secondary N) is 1. The van der Waals surface area contributed by atoms with Crippen molar-refractivity contribution in [2.75, 3.05) is 18.4 Å². The van der Waals surface area contributed by atoms with Crippen molar-refractivity contribution >= 4 is 17.3 Å². The summed E-state index contributed by atoms with van der Waals surface area (Å²) in [7, 11) is 1.61. The number of aromatic nitrogens is 2. The molecule has 3 rings (SSSR count).